The molecule has 0 unspecified atom stereocenters. The average Bonchev–Trinajstić information content (AvgIpc) is 2.43. The molecule has 0 fully saturated rings. The summed E-state index contributed by atoms with van der Waals surface area (Å²) >= 11 is 0. The smallest absolute Gasteiger partial charge is 0 e. The Morgan fingerprint density at radius 1 is 1.21 bits per heavy atom. The normalized spacial score (nSPS) is 13.6. The van der Waals surface area contributed by atoms with E-state index in [9.17, 15) is 0 Å². The molecular formula is C13H16Ti. The maximum atomic E-state index is 2.34. The summed E-state index contributed by atoms with van der Waals surface area (Å²) in [4.78, 5) is 0. The number of fused-ring (bicyclic) bond motifs is 1. The van der Waals surface area contributed by atoms with Gasteiger partial charge in [0.15, 0.2) is 0 Å². The Balaban J connectivity index is 0.000000980. The van der Waals surface area contributed by atoms with E-state index in [-0.39, 0.29) is 21.7 Å². The van der Waals surface area contributed by atoms with E-state index in [1.807, 2.05) is 0 Å². The van der Waals surface area contributed by atoms with E-state index in [1.165, 1.54) is 22.3 Å². The van der Waals surface area contributed by atoms with E-state index in [2.05, 4.69) is 45.0 Å². The minimum absolute atomic E-state index is 0. The van der Waals surface area contributed by atoms with Crippen LogP contribution < -0.4 is 0 Å². The van der Waals surface area contributed by atoms with Crippen LogP contribution in [0.15, 0.2) is 23.8 Å². The van der Waals surface area contributed by atoms with Gasteiger partial charge in [0, 0.05) is 21.7 Å². The van der Waals surface area contributed by atoms with E-state index in [0.29, 0.717) is 5.92 Å². The molecule has 72 valence electrons. The summed E-state index contributed by atoms with van der Waals surface area (Å²) in [5.41, 5.74) is 5.97. The molecule has 2 rings (SSSR count). The van der Waals surface area contributed by atoms with Gasteiger partial charge in [0.25, 0.3) is 0 Å². The van der Waals surface area contributed by atoms with Crippen molar-refractivity contribution >= 4 is 6.08 Å². The standard InChI is InChI=1S/C13H16.Ti/c1-9(2)12-6-4-5-11-7-10(3)8-13(11)12;/h4-6,8-9H,7H2,1-3H3;. The minimum atomic E-state index is 0. The van der Waals surface area contributed by atoms with Gasteiger partial charge in [0.2, 0.25) is 0 Å². The second kappa shape index (κ2) is 4.46. The fraction of sp³-hybridized carbons (Fsp3) is 0.385. The first kappa shape index (κ1) is 11.7. The van der Waals surface area contributed by atoms with Crippen LogP contribution >= 0.6 is 0 Å². The van der Waals surface area contributed by atoms with Crippen LogP contribution in [0.2, 0.25) is 0 Å². The largest absolute Gasteiger partial charge is 0.0683 e. The molecular weight excluding hydrogens is 204 g/mol. The first-order chi connectivity index (χ1) is 6.18. The van der Waals surface area contributed by atoms with E-state index in [4.69, 9.17) is 0 Å². The quantitative estimate of drug-likeness (QED) is 0.632. The van der Waals surface area contributed by atoms with E-state index < -0.39 is 0 Å². The average molecular weight is 220 g/mol. The van der Waals surface area contributed by atoms with Crippen molar-refractivity contribution in [3.05, 3.63) is 40.5 Å². The summed E-state index contributed by atoms with van der Waals surface area (Å²) in [6, 6.07) is 6.67. The Kier molecular flexibility index (Phi) is 3.74. The third-order valence-electron chi connectivity index (χ3n) is 2.71. The zero-order valence-electron chi connectivity index (χ0n) is 9.09. The molecule has 0 spiro atoms. The molecule has 1 aliphatic carbocycles. The molecule has 0 atom stereocenters. The van der Waals surface area contributed by atoms with Crippen LogP contribution in [-0.4, -0.2) is 0 Å². The van der Waals surface area contributed by atoms with Gasteiger partial charge in [-0.1, -0.05) is 43.7 Å². The summed E-state index contributed by atoms with van der Waals surface area (Å²) < 4.78 is 0. The van der Waals surface area contributed by atoms with Gasteiger partial charge in [-0.25, -0.2) is 0 Å². The number of hydrogen-bond acceptors (Lipinski definition) is 0. The molecule has 0 amide bonds. The van der Waals surface area contributed by atoms with Gasteiger partial charge in [-0.05, 0) is 36.0 Å². The van der Waals surface area contributed by atoms with Crippen molar-refractivity contribution in [1.82, 2.24) is 0 Å². The van der Waals surface area contributed by atoms with Gasteiger partial charge in [0.1, 0.15) is 0 Å². The van der Waals surface area contributed by atoms with Crippen molar-refractivity contribution in [1.29, 1.82) is 0 Å². The fourth-order valence-electron chi connectivity index (χ4n) is 2.06. The molecule has 1 aliphatic rings. The molecule has 0 bridgehead atoms. The predicted octanol–water partition coefficient (Wildman–Crippen LogP) is 3.77. The van der Waals surface area contributed by atoms with Gasteiger partial charge < -0.3 is 0 Å². The first-order valence-corrected chi connectivity index (χ1v) is 4.97. The maximum Gasteiger partial charge on any atom is 0 e. The third kappa shape index (κ3) is 2.02. The monoisotopic (exact) mass is 220 g/mol. The van der Waals surface area contributed by atoms with Gasteiger partial charge >= 0.3 is 0 Å². The molecule has 0 radical (unpaired) electrons. The number of allylic oxidation sites excluding steroid dienone is 1. The van der Waals surface area contributed by atoms with Crippen LogP contribution in [0.3, 0.4) is 0 Å². The number of benzene rings is 1. The van der Waals surface area contributed by atoms with Crippen LogP contribution in [0.1, 0.15) is 43.4 Å². The van der Waals surface area contributed by atoms with Crippen LogP contribution in [0.25, 0.3) is 6.08 Å². The third-order valence-corrected chi connectivity index (χ3v) is 2.71. The fourth-order valence-corrected chi connectivity index (χ4v) is 2.06. The van der Waals surface area contributed by atoms with Crippen molar-refractivity contribution in [2.75, 3.05) is 0 Å². The predicted molar refractivity (Wildman–Crippen MR) is 57.9 cm³/mol. The van der Waals surface area contributed by atoms with Crippen molar-refractivity contribution < 1.29 is 21.7 Å². The first-order valence-electron chi connectivity index (χ1n) is 4.97. The van der Waals surface area contributed by atoms with Gasteiger partial charge in [-0.15, -0.1) is 0 Å². The van der Waals surface area contributed by atoms with Gasteiger partial charge in [-0.2, -0.15) is 0 Å². The molecule has 0 aliphatic heterocycles. The Morgan fingerprint density at radius 3 is 2.57 bits per heavy atom. The molecule has 0 N–H and O–H groups in total. The molecule has 0 heterocycles. The second-order valence-electron chi connectivity index (χ2n) is 4.24. The molecule has 1 aromatic rings. The topological polar surface area (TPSA) is 0 Å². The number of hydrogen-bond donors (Lipinski definition) is 0. The van der Waals surface area contributed by atoms with E-state index in [0.717, 1.165) is 6.42 Å². The van der Waals surface area contributed by atoms with E-state index in [1.54, 1.807) is 0 Å². The molecule has 0 aromatic heterocycles. The van der Waals surface area contributed by atoms with Crippen molar-refractivity contribution in [3.63, 3.8) is 0 Å². The molecule has 0 saturated carbocycles. The summed E-state index contributed by atoms with van der Waals surface area (Å²) in [7, 11) is 0. The Bertz CT molecular complexity index is 361. The summed E-state index contributed by atoms with van der Waals surface area (Å²) in [5, 5.41) is 0. The van der Waals surface area contributed by atoms with Crippen LogP contribution in [0, 0.1) is 0 Å². The summed E-state index contributed by atoms with van der Waals surface area (Å²) in [5.74, 6) is 0.636. The Morgan fingerprint density at radius 2 is 1.93 bits per heavy atom. The SMILES string of the molecule is CC1=Cc2c(cccc2C(C)C)C1.[Ti]. The van der Waals surface area contributed by atoms with Gasteiger partial charge in [-0.3, -0.25) is 0 Å². The van der Waals surface area contributed by atoms with E-state index >= 15 is 0 Å². The summed E-state index contributed by atoms with van der Waals surface area (Å²) in [6.07, 6.45) is 3.49. The van der Waals surface area contributed by atoms with Gasteiger partial charge in [0.05, 0.1) is 0 Å². The zero-order valence-corrected chi connectivity index (χ0v) is 10.7. The number of rotatable bonds is 1. The van der Waals surface area contributed by atoms with Crippen molar-refractivity contribution in [2.24, 2.45) is 0 Å². The minimum Gasteiger partial charge on any atom is -0.0683 e. The second-order valence-corrected chi connectivity index (χ2v) is 4.24. The summed E-state index contributed by atoms with van der Waals surface area (Å²) in [6.45, 7) is 6.73. The Hall–Kier alpha value is -0.326. The molecule has 1 heteroatoms. The van der Waals surface area contributed by atoms with Crippen molar-refractivity contribution in [3.8, 4) is 0 Å². The van der Waals surface area contributed by atoms with Crippen LogP contribution in [0.4, 0.5) is 0 Å². The molecule has 1 aromatic carbocycles. The van der Waals surface area contributed by atoms with Crippen LogP contribution in [-0.2, 0) is 28.1 Å². The Labute approximate surface area is 101 Å². The molecule has 14 heavy (non-hydrogen) atoms. The maximum absolute atomic E-state index is 2.34. The van der Waals surface area contributed by atoms with Crippen LogP contribution in [0.5, 0.6) is 0 Å². The molecule has 0 nitrogen and oxygen atoms in total. The molecule has 0 saturated heterocycles. The zero-order chi connectivity index (χ0) is 9.42. The van der Waals surface area contributed by atoms with Crippen molar-refractivity contribution in [2.45, 2.75) is 33.1 Å².